The van der Waals surface area contributed by atoms with Crippen molar-refractivity contribution in [2.45, 2.75) is 13.8 Å². The molecule has 1 heterocycles. The average molecular weight is 133 g/mol. The Morgan fingerprint density at radius 1 is 1.50 bits per heavy atom. The van der Waals surface area contributed by atoms with Crippen LogP contribution in [0, 0.1) is 13.8 Å². The number of hydrogen-bond acceptors (Lipinski definition) is 1. The van der Waals surface area contributed by atoms with Gasteiger partial charge in [0.25, 0.3) is 0 Å². The van der Waals surface area contributed by atoms with Crippen LogP contribution in [-0.2, 0) is 0 Å². The van der Waals surface area contributed by atoms with E-state index in [-0.39, 0.29) is 11.0 Å². The van der Waals surface area contributed by atoms with Crippen molar-refractivity contribution in [2.24, 2.45) is 0 Å². The summed E-state index contributed by atoms with van der Waals surface area (Å²) in [6.07, 6.45) is 0. The fourth-order valence-electron chi connectivity index (χ4n) is 0.748. The lowest BCUT2D eigenvalue weighted by molar-refractivity contribution is 1.12. The molecule has 3 heteroatoms. The van der Waals surface area contributed by atoms with Crippen molar-refractivity contribution < 1.29 is 0 Å². The van der Waals surface area contributed by atoms with Crippen LogP contribution in [0.1, 0.15) is 11.3 Å². The second-order valence-electron chi connectivity index (χ2n) is 2.36. The van der Waals surface area contributed by atoms with E-state index in [9.17, 15) is 4.79 Å². The van der Waals surface area contributed by atoms with Gasteiger partial charge in [0.2, 0.25) is 5.56 Å². The Balaban J connectivity index is 3.43. The number of rotatable bonds is 0. The summed E-state index contributed by atoms with van der Waals surface area (Å²) in [4.78, 5) is 13.4. The molecular weight excluding hydrogens is 125 g/mol. The Kier molecular flexibility index (Phi) is 1.66. The highest BCUT2D eigenvalue weighted by Crippen LogP contribution is 1.94. The number of nitrogens with one attached hydrogen (secondary N) is 1. The van der Waals surface area contributed by atoms with Gasteiger partial charge in [0.1, 0.15) is 7.85 Å². The highest BCUT2D eigenvalue weighted by atomic mass is 16.1. The molecule has 50 valence electrons. The number of aromatic nitrogens is 1. The minimum atomic E-state index is -0.205. The minimum absolute atomic E-state index is 0.205. The van der Waals surface area contributed by atoms with Gasteiger partial charge in [-0.15, -0.1) is 0 Å². The quantitative estimate of drug-likeness (QED) is 0.487. The molecule has 0 fully saturated rings. The van der Waals surface area contributed by atoms with E-state index >= 15 is 0 Å². The number of pyridine rings is 1. The van der Waals surface area contributed by atoms with Crippen molar-refractivity contribution in [2.75, 3.05) is 0 Å². The summed E-state index contributed by atoms with van der Waals surface area (Å²) in [5.41, 5.74) is 1.96. The molecule has 1 rings (SSSR count). The fraction of sp³-hybridized carbons (Fsp3) is 0.286. The van der Waals surface area contributed by atoms with E-state index in [0.29, 0.717) is 0 Å². The number of hydrogen-bond donors (Lipinski definition) is 1. The zero-order chi connectivity index (χ0) is 7.72. The van der Waals surface area contributed by atoms with Gasteiger partial charge in [-0.3, -0.25) is 4.79 Å². The highest BCUT2D eigenvalue weighted by molar-refractivity contribution is 6.32. The summed E-state index contributed by atoms with van der Waals surface area (Å²) in [6.45, 7) is 3.75. The first-order valence-electron chi connectivity index (χ1n) is 3.07. The molecule has 0 aliphatic rings. The molecule has 1 N–H and O–H groups in total. The largest absolute Gasteiger partial charge is 0.327 e. The second-order valence-corrected chi connectivity index (χ2v) is 2.36. The molecule has 2 radical (unpaired) electrons. The maximum absolute atomic E-state index is 10.8. The van der Waals surface area contributed by atoms with Crippen molar-refractivity contribution in [3.8, 4) is 0 Å². The lowest BCUT2D eigenvalue weighted by atomic mass is 9.96. The summed E-state index contributed by atoms with van der Waals surface area (Å²) < 4.78 is 0. The highest BCUT2D eigenvalue weighted by Gasteiger charge is 1.95. The maximum Gasteiger partial charge on any atom is 0.240 e. The van der Waals surface area contributed by atoms with E-state index in [4.69, 9.17) is 7.85 Å². The molecule has 0 bridgehead atoms. The Morgan fingerprint density at radius 2 is 2.10 bits per heavy atom. The molecule has 0 amide bonds. The van der Waals surface area contributed by atoms with Crippen LogP contribution in [0.2, 0.25) is 0 Å². The van der Waals surface area contributed by atoms with E-state index in [1.807, 2.05) is 13.8 Å². The number of aromatic amines is 1. The van der Waals surface area contributed by atoms with Crippen LogP contribution in [0.4, 0.5) is 0 Å². The summed E-state index contributed by atoms with van der Waals surface area (Å²) in [7, 11) is 5.35. The van der Waals surface area contributed by atoms with Gasteiger partial charge in [0.15, 0.2) is 0 Å². The molecular formula is C7H8BNO. The molecule has 0 aliphatic carbocycles. The van der Waals surface area contributed by atoms with Gasteiger partial charge in [-0.25, -0.2) is 0 Å². The van der Waals surface area contributed by atoms with Crippen LogP contribution >= 0.6 is 0 Å². The van der Waals surface area contributed by atoms with Crippen molar-refractivity contribution in [3.63, 3.8) is 0 Å². The molecule has 0 spiro atoms. The molecule has 0 aliphatic heterocycles. The van der Waals surface area contributed by atoms with Gasteiger partial charge in [0, 0.05) is 5.69 Å². The summed E-state index contributed by atoms with van der Waals surface area (Å²) >= 11 is 0. The molecule has 0 saturated carbocycles. The predicted octanol–water partition coefficient (Wildman–Crippen LogP) is -0.214. The molecule has 1 aromatic rings. The molecule has 0 aromatic carbocycles. The number of aryl methyl sites for hydroxylation is 2. The van der Waals surface area contributed by atoms with Crippen LogP contribution in [-0.4, -0.2) is 12.8 Å². The van der Waals surface area contributed by atoms with Crippen molar-refractivity contribution >= 4 is 13.3 Å². The monoisotopic (exact) mass is 133 g/mol. The van der Waals surface area contributed by atoms with E-state index in [2.05, 4.69) is 4.98 Å². The summed E-state index contributed by atoms with van der Waals surface area (Å²) in [6, 6.07) is 1.67. The third-order valence-corrected chi connectivity index (χ3v) is 1.53. The van der Waals surface area contributed by atoms with Crippen molar-refractivity contribution in [1.29, 1.82) is 0 Å². The van der Waals surface area contributed by atoms with Crippen molar-refractivity contribution in [1.82, 2.24) is 4.98 Å². The van der Waals surface area contributed by atoms with E-state index in [1.54, 1.807) is 6.07 Å². The summed E-state index contributed by atoms with van der Waals surface area (Å²) in [5, 5.41) is 0. The van der Waals surface area contributed by atoms with E-state index < -0.39 is 0 Å². The first-order valence-corrected chi connectivity index (χ1v) is 3.07. The Bertz CT molecular complexity index is 303. The first kappa shape index (κ1) is 7.13. The second kappa shape index (κ2) is 2.33. The third kappa shape index (κ3) is 1.13. The van der Waals surface area contributed by atoms with Crippen molar-refractivity contribution in [3.05, 3.63) is 27.7 Å². The van der Waals surface area contributed by atoms with Crippen LogP contribution in [0.5, 0.6) is 0 Å². The van der Waals surface area contributed by atoms with Crippen LogP contribution in [0.15, 0.2) is 10.9 Å². The number of H-pyrrole nitrogens is 1. The lowest BCUT2D eigenvalue weighted by Gasteiger charge is -1.98. The summed E-state index contributed by atoms with van der Waals surface area (Å²) in [5.74, 6) is 0. The van der Waals surface area contributed by atoms with Crippen LogP contribution in [0.3, 0.4) is 0 Å². The SMILES string of the molecule is [B]c1cc(C)c(C)[nH]c1=O. The molecule has 0 saturated heterocycles. The maximum atomic E-state index is 10.8. The first-order chi connectivity index (χ1) is 4.61. The molecule has 2 nitrogen and oxygen atoms in total. The lowest BCUT2D eigenvalue weighted by Crippen LogP contribution is -2.28. The van der Waals surface area contributed by atoms with E-state index in [0.717, 1.165) is 11.3 Å². The normalized spacial score (nSPS) is 9.80. The molecule has 10 heavy (non-hydrogen) atoms. The van der Waals surface area contributed by atoms with E-state index in [1.165, 1.54) is 0 Å². The zero-order valence-corrected chi connectivity index (χ0v) is 6.06. The van der Waals surface area contributed by atoms with Gasteiger partial charge < -0.3 is 4.98 Å². The third-order valence-electron chi connectivity index (χ3n) is 1.53. The standard InChI is InChI=1S/C7H8BNO/c1-4-3-6(8)7(10)9-5(4)2/h3H,1-2H3,(H,9,10). The fourth-order valence-corrected chi connectivity index (χ4v) is 0.748. The topological polar surface area (TPSA) is 32.9 Å². The molecule has 1 aromatic heterocycles. The van der Waals surface area contributed by atoms with Crippen LogP contribution < -0.4 is 11.0 Å². The van der Waals surface area contributed by atoms with Gasteiger partial charge in [-0.2, -0.15) is 0 Å². The smallest absolute Gasteiger partial charge is 0.240 e. The molecule has 0 atom stereocenters. The molecule has 0 unspecified atom stereocenters. The van der Waals surface area contributed by atoms with Gasteiger partial charge in [-0.05, 0) is 24.9 Å². The Labute approximate surface area is 60.7 Å². The van der Waals surface area contributed by atoms with Gasteiger partial charge in [-0.1, -0.05) is 6.07 Å². The Hall–Kier alpha value is -0.985. The van der Waals surface area contributed by atoms with Crippen LogP contribution in [0.25, 0.3) is 0 Å². The van der Waals surface area contributed by atoms with Gasteiger partial charge in [0.05, 0.1) is 0 Å². The Morgan fingerprint density at radius 3 is 2.60 bits per heavy atom. The van der Waals surface area contributed by atoms with Gasteiger partial charge >= 0.3 is 0 Å². The minimum Gasteiger partial charge on any atom is -0.327 e. The predicted molar refractivity (Wildman–Crippen MR) is 41.9 cm³/mol. The average Bonchev–Trinajstić information content (AvgIpc) is 1.84. The zero-order valence-electron chi connectivity index (χ0n) is 6.06.